The summed E-state index contributed by atoms with van der Waals surface area (Å²) in [5.41, 5.74) is 2.75. The van der Waals surface area contributed by atoms with Gasteiger partial charge in [0, 0.05) is 12.0 Å². The summed E-state index contributed by atoms with van der Waals surface area (Å²) in [7, 11) is 0. The molecule has 0 amide bonds. The van der Waals surface area contributed by atoms with Gasteiger partial charge in [0.15, 0.2) is 0 Å². The molecule has 1 saturated heterocycles. The minimum absolute atomic E-state index is 0.342. The summed E-state index contributed by atoms with van der Waals surface area (Å²) in [5, 5.41) is 3.78. The van der Waals surface area contributed by atoms with Crippen LogP contribution in [0.5, 0.6) is 0 Å². The standard InChI is InChI=1S/C19H31NO/c1-6-11-20-18(12-17-9-7-13(2)8-10-17)19-14(3)15(4)21-16(19)5/h7-10,14-16,18-20H,6,11-12H2,1-5H3. The molecule has 1 N–H and O–H groups in total. The van der Waals surface area contributed by atoms with Crippen LogP contribution in [-0.2, 0) is 11.2 Å². The average Bonchev–Trinajstić information content (AvgIpc) is 2.71. The zero-order valence-electron chi connectivity index (χ0n) is 14.2. The molecule has 21 heavy (non-hydrogen) atoms. The quantitative estimate of drug-likeness (QED) is 0.855. The van der Waals surface area contributed by atoms with Crippen LogP contribution < -0.4 is 5.32 Å². The molecule has 1 aromatic carbocycles. The Labute approximate surface area is 130 Å². The Balaban J connectivity index is 2.12. The maximum absolute atomic E-state index is 6.06. The molecule has 0 spiro atoms. The molecule has 0 saturated carbocycles. The highest BCUT2D eigenvalue weighted by Crippen LogP contribution is 2.35. The van der Waals surface area contributed by atoms with Crippen LogP contribution >= 0.6 is 0 Å². The van der Waals surface area contributed by atoms with Crippen molar-refractivity contribution in [3.8, 4) is 0 Å². The van der Waals surface area contributed by atoms with E-state index in [-0.39, 0.29) is 0 Å². The van der Waals surface area contributed by atoms with Gasteiger partial charge in [0.1, 0.15) is 0 Å². The number of rotatable bonds is 6. The summed E-state index contributed by atoms with van der Waals surface area (Å²) in [6.45, 7) is 12.3. The van der Waals surface area contributed by atoms with Crippen LogP contribution in [0.1, 0.15) is 45.2 Å². The Morgan fingerprint density at radius 1 is 1.10 bits per heavy atom. The minimum Gasteiger partial charge on any atom is -0.375 e. The Kier molecular flexibility index (Phi) is 5.83. The molecule has 5 atom stereocenters. The average molecular weight is 289 g/mol. The van der Waals surface area contributed by atoms with E-state index in [4.69, 9.17) is 4.74 Å². The minimum atomic E-state index is 0.342. The number of nitrogens with one attached hydrogen (secondary N) is 1. The first-order chi connectivity index (χ1) is 10.0. The highest BCUT2D eigenvalue weighted by Gasteiger charge is 2.41. The van der Waals surface area contributed by atoms with Crippen molar-refractivity contribution in [3.63, 3.8) is 0 Å². The summed E-state index contributed by atoms with van der Waals surface area (Å²) in [4.78, 5) is 0. The zero-order valence-corrected chi connectivity index (χ0v) is 14.2. The van der Waals surface area contributed by atoms with Gasteiger partial charge in [-0.3, -0.25) is 0 Å². The molecule has 2 heteroatoms. The fraction of sp³-hybridized carbons (Fsp3) is 0.684. The molecule has 0 radical (unpaired) electrons. The molecule has 0 aromatic heterocycles. The van der Waals surface area contributed by atoms with Crippen LogP contribution in [0.15, 0.2) is 24.3 Å². The zero-order chi connectivity index (χ0) is 15.4. The maximum Gasteiger partial charge on any atom is 0.0597 e. The smallest absolute Gasteiger partial charge is 0.0597 e. The van der Waals surface area contributed by atoms with Gasteiger partial charge >= 0.3 is 0 Å². The second kappa shape index (κ2) is 7.42. The van der Waals surface area contributed by atoms with Crippen LogP contribution in [0.3, 0.4) is 0 Å². The van der Waals surface area contributed by atoms with Gasteiger partial charge in [-0.25, -0.2) is 0 Å². The van der Waals surface area contributed by atoms with E-state index in [1.807, 2.05) is 0 Å². The largest absolute Gasteiger partial charge is 0.375 e. The number of hydrogen-bond donors (Lipinski definition) is 1. The predicted octanol–water partition coefficient (Wildman–Crippen LogP) is 3.97. The monoisotopic (exact) mass is 289 g/mol. The van der Waals surface area contributed by atoms with E-state index in [0.29, 0.717) is 30.1 Å². The normalized spacial score (nSPS) is 30.5. The molecule has 2 nitrogen and oxygen atoms in total. The fourth-order valence-corrected chi connectivity index (χ4v) is 3.64. The second-order valence-electron chi connectivity index (χ2n) is 6.73. The molecular formula is C19H31NO. The highest BCUT2D eigenvalue weighted by atomic mass is 16.5. The molecule has 1 aromatic rings. The molecule has 1 aliphatic rings. The van der Waals surface area contributed by atoms with Crippen molar-refractivity contribution in [3.05, 3.63) is 35.4 Å². The third-order valence-corrected chi connectivity index (χ3v) is 5.02. The lowest BCUT2D eigenvalue weighted by molar-refractivity contribution is 0.0476. The SMILES string of the molecule is CCCNC(Cc1ccc(C)cc1)C1C(C)OC(C)C1C. The molecule has 1 aliphatic heterocycles. The van der Waals surface area contributed by atoms with Crippen molar-refractivity contribution in [1.29, 1.82) is 0 Å². The van der Waals surface area contributed by atoms with Crippen LogP contribution in [0.2, 0.25) is 0 Å². The van der Waals surface area contributed by atoms with Gasteiger partial charge in [0.2, 0.25) is 0 Å². The predicted molar refractivity (Wildman–Crippen MR) is 89.6 cm³/mol. The van der Waals surface area contributed by atoms with E-state index in [0.717, 1.165) is 13.0 Å². The van der Waals surface area contributed by atoms with E-state index in [2.05, 4.69) is 64.2 Å². The van der Waals surface area contributed by atoms with Crippen LogP contribution in [-0.4, -0.2) is 24.8 Å². The summed E-state index contributed by atoms with van der Waals surface area (Å²) < 4.78 is 6.06. The first-order valence-corrected chi connectivity index (χ1v) is 8.47. The van der Waals surface area contributed by atoms with Gasteiger partial charge in [-0.15, -0.1) is 0 Å². The summed E-state index contributed by atoms with van der Waals surface area (Å²) >= 11 is 0. The second-order valence-corrected chi connectivity index (χ2v) is 6.73. The van der Waals surface area contributed by atoms with Gasteiger partial charge in [-0.05, 0) is 51.6 Å². The van der Waals surface area contributed by atoms with E-state index >= 15 is 0 Å². The van der Waals surface area contributed by atoms with E-state index in [1.54, 1.807) is 0 Å². The third kappa shape index (κ3) is 4.08. The molecule has 1 fully saturated rings. The molecule has 0 aliphatic carbocycles. The van der Waals surface area contributed by atoms with Crippen LogP contribution in [0.4, 0.5) is 0 Å². The Morgan fingerprint density at radius 2 is 1.76 bits per heavy atom. The lowest BCUT2D eigenvalue weighted by Crippen LogP contribution is -2.43. The Morgan fingerprint density at radius 3 is 2.29 bits per heavy atom. The molecular weight excluding hydrogens is 258 g/mol. The molecule has 5 unspecified atom stereocenters. The lowest BCUT2D eigenvalue weighted by Gasteiger charge is -2.30. The maximum atomic E-state index is 6.06. The summed E-state index contributed by atoms with van der Waals surface area (Å²) in [6, 6.07) is 9.47. The van der Waals surface area contributed by atoms with Crippen molar-refractivity contribution in [2.24, 2.45) is 11.8 Å². The van der Waals surface area contributed by atoms with Crippen molar-refractivity contribution < 1.29 is 4.74 Å². The van der Waals surface area contributed by atoms with Crippen molar-refractivity contribution in [1.82, 2.24) is 5.32 Å². The van der Waals surface area contributed by atoms with E-state index < -0.39 is 0 Å². The first-order valence-electron chi connectivity index (χ1n) is 8.47. The summed E-state index contributed by atoms with van der Waals surface area (Å²) in [6.07, 6.45) is 2.98. The Bertz CT molecular complexity index is 428. The number of benzene rings is 1. The lowest BCUT2D eigenvalue weighted by atomic mass is 9.81. The highest BCUT2D eigenvalue weighted by molar-refractivity contribution is 5.22. The van der Waals surface area contributed by atoms with E-state index in [9.17, 15) is 0 Å². The third-order valence-electron chi connectivity index (χ3n) is 5.02. The van der Waals surface area contributed by atoms with Gasteiger partial charge in [-0.1, -0.05) is 43.7 Å². The number of aryl methyl sites for hydroxylation is 1. The number of ether oxygens (including phenoxy) is 1. The molecule has 0 bridgehead atoms. The van der Waals surface area contributed by atoms with Gasteiger partial charge in [0.25, 0.3) is 0 Å². The van der Waals surface area contributed by atoms with Crippen LogP contribution in [0, 0.1) is 18.8 Å². The van der Waals surface area contributed by atoms with Crippen molar-refractivity contribution >= 4 is 0 Å². The topological polar surface area (TPSA) is 21.3 Å². The summed E-state index contributed by atoms with van der Waals surface area (Å²) in [5.74, 6) is 1.20. The Hall–Kier alpha value is -0.860. The van der Waals surface area contributed by atoms with Crippen molar-refractivity contribution in [2.45, 2.75) is 65.7 Å². The molecule has 1 heterocycles. The van der Waals surface area contributed by atoms with Gasteiger partial charge < -0.3 is 10.1 Å². The first kappa shape index (κ1) is 16.5. The van der Waals surface area contributed by atoms with Gasteiger partial charge in [0.05, 0.1) is 12.2 Å². The van der Waals surface area contributed by atoms with Crippen molar-refractivity contribution in [2.75, 3.05) is 6.54 Å². The van der Waals surface area contributed by atoms with Gasteiger partial charge in [-0.2, -0.15) is 0 Å². The van der Waals surface area contributed by atoms with E-state index in [1.165, 1.54) is 17.5 Å². The molecule has 2 rings (SSSR count). The fourth-order valence-electron chi connectivity index (χ4n) is 3.64. The van der Waals surface area contributed by atoms with Crippen LogP contribution in [0.25, 0.3) is 0 Å². The number of hydrogen-bond acceptors (Lipinski definition) is 2. The molecule has 118 valence electrons.